The minimum Gasteiger partial charge on any atom is -0.481 e. The zero-order valence-corrected chi connectivity index (χ0v) is 5.78. The second-order valence-corrected chi connectivity index (χ2v) is 2.51. The van der Waals surface area contributed by atoms with Gasteiger partial charge in [-0.25, -0.2) is 4.79 Å². The Bertz CT molecular complexity index is 229. The average Bonchev–Trinajstić information content (AvgIpc) is 2.33. The minimum atomic E-state index is -1.01. The molecular weight excluding hydrogens is 148 g/mol. The smallest absolute Gasteiger partial charge is 0.331 e. The highest BCUT2D eigenvalue weighted by Crippen LogP contribution is 2.24. The largest absolute Gasteiger partial charge is 0.481 e. The SMILES string of the molecule is O=C(O)C1=CCC(C(=O)O)C1. The summed E-state index contributed by atoms with van der Waals surface area (Å²) in [4.78, 5) is 20.7. The number of carboxylic acid groups (broad SMARTS) is 2. The summed E-state index contributed by atoms with van der Waals surface area (Å²) >= 11 is 0. The van der Waals surface area contributed by atoms with Crippen LogP contribution < -0.4 is 0 Å². The van der Waals surface area contributed by atoms with Crippen LogP contribution in [0.3, 0.4) is 0 Å². The number of hydrogen-bond acceptors (Lipinski definition) is 2. The molecule has 0 saturated carbocycles. The molecule has 60 valence electrons. The number of aliphatic carboxylic acids is 2. The zero-order valence-electron chi connectivity index (χ0n) is 5.78. The van der Waals surface area contributed by atoms with E-state index in [0.717, 1.165) is 0 Å². The molecule has 2 N–H and O–H groups in total. The van der Waals surface area contributed by atoms with Crippen molar-refractivity contribution in [3.63, 3.8) is 0 Å². The predicted octanol–water partition coefficient (Wildman–Crippen LogP) is 0.492. The fraction of sp³-hybridized carbons (Fsp3) is 0.429. The van der Waals surface area contributed by atoms with Crippen molar-refractivity contribution < 1.29 is 19.8 Å². The lowest BCUT2D eigenvalue weighted by Gasteiger charge is -2.00. The van der Waals surface area contributed by atoms with Crippen molar-refractivity contribution in [3.8, 4) is 0 Å². The molecule has 4 nitrogen and oxygen atoms in total. The van der Waals surface area contributed by atoms with E-state index in [9.17, 15) is 9.59 Å². The highest BCUT2D eigenvalue weighted by Gasteiger charge is 2.26. The first-order valence-electron chi connectivity index (χ1n) is 3.26. The van der Waals surface area contributed by atoms with Crippen LogP contribution in [0.2, 0.25) is 0 Å². The Morgan fingerprint density at radius 1 is 1.45 bits per heavy atom. The van der Waals surface area contributed by atoms with Gasteiger partial charge in [0.2, 0.25) is 0 Å². The van der Waals surface area contributed by atoms with E-state index in [2.05, 4.69) is 0 Å². The summed E-state index contributed by atoms with van der Waals surface area (Å²) in [5.41, 5.74) is 0.220. The maximum Gasteiger partial charge on any atom is 0.331 e. The van der Waals surface area contributed by atoms with Crippen LogP contribution in [0.15, 0.2) is 11.6 Å². The van der Waals surface area contributed by atoms with Crippen LogP contribution in [0.4, 0.5) is 0 Å². The first-order chi connectivity index (χ1) is 5.11. The van der Waals surface area contributed by atoms with Gasteiger partial charge in [0.1, 0.15) is 0 Å². The third kappa shape index (κ3) is 1.58. The monoisotopic (exact) mass is 156 g/mol. The first kappa shape index (κ1) is 7.78. The van der Waals surface area contributed by atoms with E-state index in [1.807, 2.05) is 0 Å². The molecule has 0 saturated heterocycles. The predicted molar refractivity (Wildman–Crippen MR) is 36.1 cm³/mol. The van der Waals surface area contributed by atoms with Crippen LogP contribution in [0, 0.1) is 5.92 Å². The van der Waals surface area contributed by atoms with E-state index in [1.165, 1.54) is 6.08 Å². The molecule has 0 bridgehead atoms. The molecule has 11 heavy (non-hydrogen) atoms. The first-order valence-corrected chi connectivity index (χ1v) is 3.26. The van der Waals surface area contributed by atoms with Crippen molar-refractivity contribution in [2.24, 2.45) is 5.92 Å². The molecule has 0 spiro atoms. The topological polar surface area (TPSA) is 74.6 Å². The normalized spacial score (nSPS) is 22.9. The highest BCUT2D eigenvalue weighted by atomic mass is 16.4. The molecule has 1 aliphatic carbocycles. The molecule has 1 rings (SSSR count). The quantitative estimate of drug-likeness (QED) is 0.610. The number of rotatable bonds is 2. The van der Waals surface area contributed by atoms with Gasteiger partial charge in [0.25, 0.3) is 0 Å². The lowest BCUT2D eigenvalue weighted by Crippen LogP contribution is -2.11. The Labute approximate surface area is 63.1 Å². The van der Waals surface area contributed by atoms with Crippen LogP contribution in [0.1, 0.15) is 12.8 Å². The van der Waals surface area contributed by atoms with Gasteiger partial charge < -0.3 is 10.2 Å². The molecule has 0 aromatic rings. The number of carboxylic acids is 2. The summed E-state index contributed by atoms with van der Waals surface area (Å²) in [5.74, 6) is -2.45. The molecule has 0 aromatic carbocycles. The second-order valence-electron chi connectivity index (χ2n) is 2.51. The fourth-order valence-electron chi connectivity index (χ4n) is 1.08. The van der Waals surface area contributed by atoms with Crippen LogP contribution in [-0.2, 0) is 9.59 Å². The Balaban J connectivity index is 2.56. The summed E-state index contributed by atoms with van der Waals surface area (Å²) in [7, 11) is 0. The van der Waals surface area contributed by atoms with Gasteiger partial charge >= 0.3 is 11.9 Å². The molecule has 0 heterocycles. The molecule has 4 heteroatoms. The standard InChI is InChI=1S/C7H8O4/c8-6(9)4-1-2-5(3-4)7(10)11/h1,5H,2-3H2,(H,8,9)(H,10,11). The van der Waals surface area contributed by atoms with Crippen molar-refractivity contribution in [2.45, 2.75) is 12.8 Å². The van der Waals surface area contributed by atoms with Crippen molar-refractivity contribution >= 4 is 11.9 Å². The molecular formula is C7H8O4. The average molecular weight is 156 g/mol. The van der Waals surface area contributed by atoms with Crippen molar-refractivity contribution in [3.05, 3.63) is 11.6 Å². The Hall–Kier alpha value is -1.32. The van der Waals surface area contributed by atoms with Gasteiger partial charge in [0, 0.05) is 5.57 Å². The summed E-state index contributed by atoms with van der Waals surface area (Å²) in [6, 6.07) is 0. The highest BCUT2D eigenvalue weighted by molar-refractivity contribution is 5.88. The van der Waals surface area contributed by atoms with Crippen molar-refractivity contribution in [1.82, 2.24) is 0 Å². The van der Waals surface area contributed by atoms with E-state index < -0.39 is 17.9 Å². The third-order valence-electron chi connectivity index (χ3n) is 1.74. The molecule has 0 aliphatic heterocycles. The molecule has 0 aromatic heterocycles. The molecule has 1 atom stereocenters. The number of carbonyl (C=O) groups is 2. The molecule has 1 unspecified atom stereocenters. The van der Waals surface area contributed by atoms with Crippen LogP contribution >= 0.6 is 0 Å². The summed E-state index contributed by atoms with van der Waals surface area (Å²) < 4.78 is 0. The van der Waals surface area contributed by atoms with Gasteiger partial charge in [-0.1, -0.05) is 6.08 Å². The maximum atomic E-state index is 10.3. The van der Waals surface area contributed by atoms with Gasteiger partial charge in [-0.15, -0.1) is 0 Å². The molecule has 1 aliphatic rings. The van der Waals surface area contributed by atoms with E-state index in [-0.39, 0.29) is 12.0 Å². The van der Waals surface area contributed by atoms with Gasteiger partial charge in [-0.3, -0.25) is 4.79 Å². The maximum absolute atomic E-state index is 10.3. The van der Waals surface area contributed by atoms with Gasteiger partial charge in [-0.2, -0.15) is 0 Å². The van der Waals surface area contributed by atoms with Crippen LogP contribution in [0.5, 0.6) is 0 Å². The molecule has 0 amide bonds. The second kappa shape index (κ2) is 2.74. The Morgan fingerprint density at radius 2 is 2.09 bits per heavy atom. The lowest BCUT2D eigenvalue weighted by molar-refractivity contribution is -0.141. The fourth-order valence-corrected chi connectivity index (χ4v) is 1.08. The van der Waals surface area contributed by atoms with E-state index in [0.29, 0.717) is 6.42 Å². The summed E-state index contributed by atoms with van der Waals surface area (Å²) in [6.45, 7) is 0. The number of hydrogen-bond donors (Lipinski definition) is 2. The van der Waals surface area contributed by atoms with Crippen molar-refractivity contribution in [2.75, 3.05) is 0 Å². The number of allylic oxidation sites excluding steroid dienone is 1. The summed E-state index contributed by atoms with van der Waals surface area (Å²) in [6.07, 6.45) is 1.97. The minimum absolute atomic E-state index is 0.157. The Kier molecular flexibility index (Phi) is 1.94. The third-order valence-corrected chi connectivity index (χ3v) is 1.74. The van der Waals surface area contributed by atoms with Crippen LogP contribution in [0.25, 0.3) is 0 Å². The van der Waals surface area contributed by atoms with Crippen LogP contribution in [-0.4, -0.2) is 22.2 Å². The molecule has 0 radical (unpaired) electrons. The van der Waals surface area contributed by atoms with E-state index in [1.54, 1.807) is 0 Å². The van der Waals surface area contributed by atoms with Gasteiger partial charge in [0.05, 0.1) is 5.92 Å². The van der Waals surface area contributed by atoms with E-state index in [4.69, 9.17) is 10.2 Å². The molecule has 0 fully saturated rings. The van der Waals surface area contributed by atoms with Crippen molar-refractivity contribution in [1.29, 1.82) is 0 Å². The van der Waals surface area contributed by atoms with Gasteiger partial charge in [-0.05, 0) is 12.8 Å². The van der Waals surface area contributed by atoms with Gasteiger partial charge in [0.15, 0.2) is 0 Å². The lowest BCUT2D eigenvalue weighted by atomic mass is 10.1. The zero-order chi connectivity index (χ0) is 8.43. The summed E-state index contributed by atoms with van der Waals surface area (Å²) in [5, 5.41) is 16.9. The van der Waals surface area contributed by atoms with E-state index >= 15 is 0 Å². The Morgan fingerprint density at radius 3 is 2.36 bits per heavy atom.